The van der Waals surface area contributed by atoms with Gasteiger partial charge in [0, 0.05) is 17.5 Å². The smallest absolute Gasteiger partial charge is 0.251 e. The fraction of sp³-hybridized carbons (Fsp3) is 0.200. The van der Waals surface area contributed by atoms with Crippen LogP contribution in [0.15, 0.2) is 48.2 Å². The SMILES string of the molecule is COc1cccc2c1OCC(C(=O)NCc1cn3c(C)cccc3n1)=C2. The number of hydrogen-bond acceptors (Lipinski definition) is 4. The number of nitrogens with one attached hydrogen (secondary N) is 1. The third kappa shape index (κ3) is 2.90. The van der Waals surface area contributed by atoms with Crippen molar-refractivity contribution >= 4 is 17.6 Å². The molecular weight excluding hydrogens is 330 g/mol. The summed E-state index contributed by atoms with van der Waals surface area (Å²) in [6.07, 6.45) is 3.78. The molecule has 0 spiro atoms. The maximum atomic E-state index is 12.5. The Hall–Kier alpha value is -3.28. The van der Waals surface area contributed by atoms with Crippen molar-refractivity contribution in [2.75, 3.05) is 13.7 Å². The van der Waals surface area contributed by atoms with Gasteiger partial charge in [-0.05, 0) is 31.2 Å². The molecule has 0 bridgehead atoms. The molecule has 1 N–H and O–H groups in total. The molecule has 6 heteroatoms. The van der Waals surface area contributed by atoms with Gasteiger partial charge in [-0.3, -0.25) is 4.79 Å². The third-order valence-corrected chi connectivity index (χ3v) is 4.40. The van der Waals surface area contributed by atoms with Crippen molar-refractivity contribution in [3.63, 3.8) is 0 Å². The van der Waals surface area contributed by atoms with E-state index in [0.717, 1.165) is 22.6 Å². The summed E-state index contributed by atoms with van der Waals surface area (Å²) in [5.74, 6) is 1.17. The molecule has 1 aliphatic heterocycles. The van der Waals surface area contributed by atoms with E-state index < -0.39 is 0 Å². The lowest BCUT2D eigenvalue weighted by Crippen LogP contribution is -2.28. The Kier molecular flexibility index (Phi) is 4.08. The van der Waals surface area contributed by atoms with Crippen LogP contribution in [0.4, 0.5) is 0 Å². The number of aromatic nitrogens is 2. The highest BCUT2D eigenvalue weighted by Crippen LogP contribution is 2.35. The predicted molar refractivity (Wildman–Crippen MR) is 98.2 cm³/mol. The number of rotatable bonds is 4. The van der Waals surface area contributed by atoms with E-state index in [2.05, 4.69) is 10.3 Å². The van der Waals surface area contributed by atoms with Crippen LogP contribution in [0.25, 0.3) is 11.7 Å². The van der Waals surface area contributed by atoms with Crippen LogP contribution in [0.5, 0.6) is 11.5 Å². The number of aryl methyl sites for hydroxylation is 1. The lowest BCUT2D eigenvalue weighted by atomic mass is 10.1. The van der Waals surface area contributed by atoms with Crippen LogP contribution in [0, 0.1) is 6.92 Å². The molecule has 0 radical (unpaired) electrons. The van der Waals surface area contributed by atoms with Crippen molar-refractivity contribution in [3.05, 3.63) is 65.1 Å². The van der Waals surface area contributed by atoms with Crippen molar-refractivity contribution in [1.82, 2.24) is 14.7 Å². The molecule has 3 aromatic rings. The van der Waals surface area contributed by atoms with Crippen LogP contribution >= 0.6 is 0 Å². The number of amides is 1. The highest BCUT2D eigenvalue weighted by Gasteiger charge is 2.20. The van der Waals surface area contributed by atoms with E-state index in [4.69, 9.17) is 9.47 Å². The van der Waals surface area contributed by atoms with Gasteiger partial charge in [0.1, 0.15) is 12.3 Å². The van der Waals surface area contributed by atoms with Gasteiger partial charge >= 0.3 is 0 Å². The Morgan fingerprint density at radius 3 is 2.96 bits per heavy atom. The molecule has 1 aromatic carbocycles. The fourth-order valence-electron chi connectivity index (χ4n) is 3.04. The average molecular weight is 349 g/mol. The average Bonchev–Trinajstić information content (AvgIpc) is 3.09. The molecule has 0 fully saturated rings. The standard InChI is InChI=1S/C20H19N3O3/c1-13-5-3-8-18-22-16(11-23(13)18)10-21-20(24)15-9-14-6-4-7-17(25-2)19(14)26-12-15/h3-9,11H,10,12H2,1-2H3,(H,21,24). The van der Waals surface area contributed by atoms with Crippen molar-refractivity contribution < 1.29 is 14.3 Å². The van der Waals surface area contributed by atoms with Crippen LogP contribution in [0.3, 0.4) is 0 Å². The molecule has 1 aliphatic rings. The van der Waals surface area contributed by atoms with Crippen molar-refractivity contribution in [1.29, 1.82) is 0 Å². The van der Waals surface area contributed by atoms with Gasteiger partial charge < -0.3 is 19.2 Å². The van der Waals surface area contributed by atoms with Crippen LogP contribution < -0.4 is 14.8 Å². The van der Waals surface area contributed by atoms with Gasteiger partial charge in [0.2, 0.25) is 0 Å². The second kappa shape index (κ2) is 6.55. The molecule has 0 saturated carbocycles. The maximum Gasteiger partial charge on any atom is 0.251 e. The van der Waals surface area contributed by atoms with Crippen molar-refractivity contribution in [3.8, 4) is 11.5 Å². The first-order valence-corrected chi connectivity index (χ1v) is 8.38. The highest BCUT2D eigenvalue weighted by molar-refractivity contribution is 5.99. The lowest BCUT2D eigenvalue weighted by molar-refractivity contribution is -0.117. The van der Waals surface area contributed by atoms with Gasteiger partial charge in [0.15, 0.2) is 11.5 Å². The number of methoxy groups -OCH3 is 1. The molecular formula is C20H19N3O3. The van der Waals surface area contributed by atoms with E-state index in [0.29, 0.717) is 23.6 Å². The number of para-hydroxylation sites is 1. The van der Waals surface area contributed by atoms with Crippen LogP contribution in [0.2, 0.25) is 0 Å². The molecule has 26 heavy (non-hydrogen) atoms. The molecule has 132 valence electrons. The van der Waals surface area contributed by atoms with Gasteiger partial charge in [-0.2, -0.15) is 0 Å². The number of fused-ring (bicyclic) bond motifs is 2. The molecule has 0 unspecified atom stereocenters. The monoisotopic (exact) mass is 349 g/mol. The van der Waals surface area contributed by atoms with E-state index in [1.165, 1.54) is 0 Å². The van der Waals surface area contributed by atoms with Gasteiger partial charge in [-0.15, -0.1) is 0 Å². The number of imidazole rings is 1. The van der Waals surface area contributed by atoms with E-state index in [-0.39, 0.29) is 12.5 Å². The zero-order valence-corrected chi connectivity index (χ0v) is 14.7. The molecule has 0 atom stereocenters. The topological polar surface area (TPSA) is 64.9 Å². The number of carbonyl (C=O) groups is 1. The molecule has 0 aliphatic carbocycles. The summed E-state index contributed by atoms with van der Waals surface area (Å²) in [6.45, 7) is 2.60. The first-order valence-electron chi connectivity index (χ1n) is 8.38. The molecule has 4 rings (SSSR count). The van der Waals surface area contributed by atoms with Gasteiger partial charge in [-0.25, -0.2) is 4.98 Å². The summed E-state index contributed by atoms with van der Waals surface area (Å²) in [5, 5.41) is 2.91. The molecule has 3 heterocycles. The quantitative estimate of drug-likeness (QED) is 0.787. The zero-order valence-electron chi connectivity index (χ0n) is 14.7. The van der Waals surface area contributed by atoms with Gasteiger partial charge in [0.25, 0.3) is 5.91 Å². The summed E-state index contributed by atoms with van der Waals surface area (Å²) in [5.41, 5.74) is 4.19. The fourth-order valence-corrected chi connectivity index (χ4v) is 3.04. The number of nitrogens with zero attached hydrogens (tertiary/aromatic N) is 2. The Morgan fingerprint density at radius 1 is 1.31 bits per heavy atom. The number of benzene rings is 1. The number of carbonyl (C=O) groups excluding carboxylic acids is 1. The minimum atomic E-state index is -0.160. The molecule has 6 nitrogen and oxygen atoms in total. The summed E-state index contributed by atoms with van der Waals surface area (Å²) in [7, 11) is 1.60. The Labute approximate surface area is 151 Å². The Bertz CT molecular complexity index is 1020. The minimum Gasteiger partial charge on any atom is -0.493 e. The summed E-state index contributed by atoms with van der Waals surface area (Å²) in [4.78, 5) is 17.0. The van der Waals surface area contributed by atoms with E-state index >= 15 is 0 Å². The summed E-state index contributed by atoms with van der Waals surface area (Å²) >= 11 is 0. The number of pyridine rings is 1. The van der Waals surface area contributed by atoms with Gasteiger partial charge in [-0.1, -0.05) is 18.2 Å². The summed E-state index contributed by atoms with van der Waals surface area (Å²) < 4.78 is 13.0. The van der Waals surface area contributed by atoms with Gasteiger partial charge in [0.05, 0.1) is 24.9 Å². The first-order chi connectivity index (χ1) is 12.7. The van der Waals surface area contributed by atoms with Crippen molar-refractivity contribution in [2.45, 2.75) is 13.5 Å². The Morgan fingerprint density at radius 2 is 2.15 bits per heavy atom. The van der Waals surface area contributed by atoms with Crippen molar-refractivity contribution in [2.24, 2.45) is 0 Å². The Balaban J connectivity index is 1.49. The lowest BCUT2D eigenvalue weighted by Gasteiger charge is -2.19. The normalized spacial score (nSPS) is 12.9. The highest BCUT2D eigenvalue weighted by atomic mass is 16.5. The molecule has 1 amide bonds. The maximum absolute atomic E-state index is 12.5. The largest absolute Gasteiger partial charge is 0.493 e. The predicted octanol–water partition coefficient (Wildman–Crippen LogP) is 2.74. The van der Waals surface area contributed by atoms with E-state index in [1.54, 1.807) is 7.11 Å². The number of ether oxygens (including phenoxy) is 2. The molecule has 0 saturated heterocycles. The zero-order chi connectivity index (χ0) is 18.1. The van der Waals surface area contributed by atoms with E-state index in [1.807, 2.05) is 60.0 Å². The molecule has 2 aromatic heterocycles. The van der Waals surface area contributed by atoms with E-state index in [9.17, 15) is 4.79 Å². The second-order valence-electron chi connectivity index (χ2n) is 6.15. The third-order valence-electron chi connectivity index (χ3n) is 4.40. The van der Waals surface area contributed by atoms with Crippen LogP contribution in [-0.4, -0.2) is 29.0 Å². The number of hydrogen-bond donors (Lipinski definition) is 1. The first kappa shape index (κ1) is 16.2. The van der Waals surface area contributed by atoms with Crippen LogP contribution in [-0.2, 0) is 11.3 Å². The minimum absolute atomic E-state index is 0.160. The second-order valence-corrected chi connectivity index (χ2v) is 6.15. The summed E-state index contributed by atoms with van der Waals surface area (Å²) in [6, 6.07) is 11.5. The van der Waals surface area contributed by atoms with Crippen LogP contribution in [0.1, 0.15) is 17.0 Å².